The molecule has 2 aliphatic heterocycles. The number of nitrogens with two attached hydrogens (primary N) is 1. The Morgan fingerprint density at radius 1 is 1.00 bits per heavy atom. The summed E-state index contributed by atoms with van der Waals surface area (Å²) in [7, 11) is 0. The summed E-state index contributed by atoms with van der Waals surface area (Å²) in [6.07, 6.45) is 9.44. The highest BCUT2D eigenvalue weighted by molar-refractivity contribution is 5.47. The predicted octanol–water partition coefficient (Wildman–Crippen LogP) is 2.08. The average molecular weight is 359 g/mol. The van der Waals surface area contributed by atoms with Gasteiger partial charge in [-0.15, -0.1) is 0 Å². The second-order valence-electron chi connectivity index (χ2n) is 8.26. The minimum Gasteiger partial charge on any atom is -0.356 e. The van der Waals surface area contributed by atoms with Gasteiger partial charge in [-0.25, -0.2) is 4.98 Å². The molecular weight excluding hydrogens is 324 g/mol. The third-order valence-corrected chi connectivity index (χ3v) is 6.27. The highest BCUT2D eigenvalue weighted by Crippen LogP contribution is 2.25. The molecule has 1 aromatic rings. The van der Waals surface area contributed by atoms with Gasteiger partial charge in [0, 0.05) is 56.1 Å². The van der Waals surface area contributed by atoms with Gasteiger partial charge in [-0.2, -0.15) is 4.98 Å². The summed E-state index contributed by atoms with van der Waals surface area (Å²) in [5.41, 5.74) is 7.22. The van der Waals surface area contributed by atoms with Crippen LogP contribution in [-0.2, 0) is 6.42 Å². The number of hydrogen-bond acceptors (Lipinski definition) is 6. The molecule has 0 spiro atoms. The minimum atomic E-state index is 0.407. The van der Waals surface area contributed by atoms with E-state index in [4.69, 9.17) is 15.7 Å². The molecule has 1 aromatic heterocycles. The fourth-order valence-electron chi connectivity index (χ4n) is 4.65. The van der Waals surface area contributed by atoms with Crippen LogP contribution in [0.2, 0.25) is 0 Å². The predicted molar refractivity (Wildman–Crippen MR) is 107 cm³/mol. The van der Waals surface area contributed by atoms with Crippen LogP contribution < -0.4 is 20.9 Å². The van der Waals surface area contributed by atoms with E-state index < -0.39 is 0 Å². The standard InChI is InChI=1S/C20H34N6/c1-2-16-14-19(24-20(23-16)26-9-3-4-10-26)25-11-7-17(8-12-25)22-18-6-5-15(21)13-18/h14-15,17-18,22H,2-13,21H2,1H3/t15-,18-/m1/s1. The molecule has 6 nitrogen and oxygen atoms in total. The SMILES string of the molecule is CCc1cc(N2CCC(N[C@@H]3CC[C@@H](N)C3)CC2)nc(N2CCCC2)n1. The Kier molecular flexibility index (Phi) is 5.60. The number of anilines is 2. The molecule has 3 fully saturated rings. The lowest BCUT2D eigenvalue weighted by Crippen LogP contribution is -2.46. The van der Waals surface area contributed by atoms with Gasteiger partial charge in [0.05, 0.1) is 0 Å². The zero-order chi connectivity index (χ0) is 17.9. The maximum absolute atomic E-state index is 6.06. The van der Waals surface area contributed by atoms with Crippen LogP contribution in [0.25, 0.3) is 0 Å². The average Bonchev–Trinajstić information content (AvgIpc) is 3.34. The van der Waals surface area contributed by atoms with Gasteiger partial charge in [-0.05, 0) is 51.4 Å². The number of hydrogen-bond donors (Lipinski definition) is 2. The van der Waals surface area contributed by atoms with Gasteiger partial charge in [0.15, 0.2) is 0 Å². The van der Waals surface area contributed by atoms with Crippen molar-refractivity contribution >= 4 is 11.8 Å². The van der Waals surface area contributed by atoms with E-state index in [-0.39, 0.29) is 0 Å². The fraction of sp³-hybridized carbons (Fsp3) is 0.800. The number of aryl methyl sites for hydroxylation is 1. The van der Waals surface area contributed by atoms with Crippen LogP contribution in [0.15, 0.2) is 6.07 Å². The molecule has 26 heavy (non-hydrogen) atoms. The first kappa shape index (κ1) is 18.0. The molecule has 0 bridgehead atoms. The Hall–Kier alpha value is -1.40. The molecule has 0 radical (unpaired) electrons. The molecule has 2 saturated heterocycles. The van der Waals surface area contributed by atoms with Crippen LogP contribution in [0, 0.1) is 0 Å². The number of nitrogens with zero attached hydrogens (tertiary/aromatic N) is 4. The third kappa shape index (κ3) is 4.12. The van der Waals surface area contributed by atoms with E-state index in [1.807, 2.05) is 0 Å². The van der Waals surface area contributed by atoms with Gasteiger partial charge >= 0.3 is 0 Å². The van der Waals surface area contributed by atoms with Crippen LogP contribution in [0.1, 0.15) is 57.6 Å². The number of piperidine rings is 1. The fourth-order valence-corrected chi connectivity index (χ4v) is 4.65. The molecule has 1 saturated carbocycles. The van der Waals surface area contributed by atoms with Crippen molar-refractivity contribution < 1.29 is 0 Å². The van der Waals surface area contributed by atoms with Crippen LogP contribution >= 0.6 is 0 Å². The van der Waals surface area contributed by atoms with Crippen molar-refractivity contribution in [2.45, 2.75) is 76.4 Å². The molecule has 3 N–H and O–H groups in total. The lowest BCUT2D eigenvalue weighted by atomic mass is 10.0. The topological polar surface area (TPSA) is 70.3 Å². The number of nitrogens with one attached hydrogen (secondary N) is 1. The lowest BCUT2D eigenvalue weighted by Gasteiger charge is -2.35. The van der Waals surface area contributed by atoms with Crippen LogP contribution in [0.3, 0.4) is 0 Å². The quantitative estimate of drug-likeness (QED) is 0.840. The Morgan fingerprint density at radius 3 is 2.42 bits per heavy atom. The smallest absolute Gasteiger partial charge is 0.227 e. The zero-order valence-electron chi connectivity index (χ0n) is 16.2. The van der Waals surface area contributed by atoms with Gasteiger partial charge in [0.1, 0.15) is 5.82 Å². The Labute approximate surface area is 157 Å². The van der Waals surface area contributed by atoms with Gasteiger partial charge in [0.25, 0.3) is 0 Å². The third-order valence-electron chi connectivity index (χ3n) is 6.27. The number of aromatic nitrogens is 2. The summed E-state index contributed by atoms with van der Waals surface area (Å²) < 4.78 is 0. The molecule has 1 aliphatic carbocycles. The molecule has 3 heterocycles. The van der Waals surface area contributed by atoms with E-state index in [1.165, 1.54) is 38.5 Å². The highest BCUT2D eigenvalue weighted by Gasteiger charge is 2.27. The first-order chi connectivity index (χ1) is 12.7. The monoisotopic (exact) mass is 358 g/mol. The normalized spacial score (nSPS) is 27.5. The summed E-state index contributed by atoms with van der Waals surface area (Å²) in [5, 5.41) is 3.85. The van der Waals surface area contributed by atoms with Crippen molar-refractivity contribution in [3.63, 3.8) is 0 Å². The summed E-state index contributed by atoms with van der Waals surface area (Å²) >= 11 is 0. The van der Waals surface area contributed by atoms with Gasteiger partial charge in [0.2, 0.25) is 5.95 Å². The zero-order valence-corrected chi connectivity index (χ0v) is 16.2. The summed E-state index contributed by atoms with van der Waals surface area (Å²) in [6, 6.07) is 3.87. The van der Waals surface area contributed by atoms with Crippen molar-refractivity contribution in [1.29, 1.82) is 0 Å². The van der Waals surface area contributed by atoms with Crippen molar-refractivity contribution in [3.05, 3.63) is 11.8 Å². The van der Waals surface area contributed by atoms with E-state index in [2.05, 4.69) is 28.1 Å². The molecule has 4 rings (SSSR count). The second-order valence-corrected chi connectivity index (χ2v) is 8.26. The lowest BCUT2D eigenvalue weighted by molar-refractivity contribution is 0.365. The van der Waals surface area contributed by atoms with Crippen molar-refractivity contribution in [3.8, 4) is 0 Å². The summed E-state index contributed by atoms with van der Waals surface area (Å²) in [5.74, 6) is 2.07. The second kappa shape index (κ2) is 8.09. The van der Waals surface area contributed by atoms with Crippen molar-refractivity contribution in [2.24, 2.45) is 5.73 Å². The first-order valence-electron chi connectivity index (χ1n) is 10.6. The Balaban J connectivity index is 1.38. The van der Waals surface area contributed by atoms with Crippen molar-refractivity contribution in [2.75, 3.05) is 36.0 Å². The Morgan fingerprint density at radius 2 is 1.77 bits per heavy atom. The molecular formula is C20H34N6. The van der Waals surface area contributed by atoms with E-state index in [0.29, 0.717) is 18.1 Å². The van der Waals surface area contributed by atoms with Crippen molar-refractivity contribution in [1.82, 2.24) is 15.3 Å². The molecule has 0 unspecified atom stereocenters. The van der Waals surface area contributed by atoms with Crippen LogP contribution in [-0.4, -0.2) is 54.3 Å². The van der Waals surface area contributed by atoms with Gasteiger partial charge in [-0.3, -0.25) is 0 Å². The van der Waals surface area contributed by atoms with E-state index >= 15 is 0 Å². The largest absolute Gasteiger partial charge is 0.356 e. The maximum Gasteiger partial charge on any atom is 0.227 e. The summed E-state index contributed by atoms with van der Waals surface area (Å²) in [4.78, 5) is 14.5. The van der Waals surface area contributed by atoms with Crippen LogP contribution in [0.5, 0.6) is 0 Å². The molecule has 0 amide bonds. The minimum absolute atomic E-state index is 0.407. The first-order valence-corrected chi connectivity index (χ1v) is 10.6. The molecule has 2 atom stereocenters. The van der Waals surface area contributed by atoms with Crippen LogP contribution in [0.4, 0.5) is 11.8 Å². The maximum atomic E-state index is 6.06. The van der Waals surface area contributed by atoms with E-state index in [1.54, 1.807) is 0 Å². The molecule has 3 aliphatic rings. The molecule has 6 heteroatoms. The Bertz CT molecular complexity index is 592. The molecule has 0 aromatic carbocycles. The molecule has 144 valence electrons. The van der Waals surface area contributed by atoms with E-state index in [9.17, 15) is 0 Å². The highest BCUT2D eigenvalue weighted by atomic mass is 15.3. The number of rotatable bonds is 5. The van der Waals surface area contributed by atoms with Gasteiger partial charge in [-0.1, -0.05) is 6.92 Å². The van der Waals surface area contributed by atoms with E-state index in [0.717, 1.165) is 56.5 Å². The summed E-state index contributed by atoms with van der Waals surface area (Å²) in [6.45, 7) is 6.54. The van der Waals surface area contributed by atoms with Gasteiger partial charge < -0.3 is 20.9 Å².